The summed E-state index contributed by atoms with van der Waals surface area (Å²) in [5, 5.41) is 0. The van der Waals surface area contributed by atoms with E-state index in [1.807, 2.05) is 19.1 Å². The molecule has 0 saturated heterocycles. The van der Waals surface area contributed by atoms with E-state index in [-0.39, 0.29) is 39.4 Å². The number of benzene rings is 1. The number of Topliss-reactive ketones (excluding diaryl/α,β-unsaturated/α-hetero) is 2. The van der Waals surface area contributed by atoms with Crippen LogP contribution >= 0.6 is 0 Å². The van der Waals surface area contributed by atoms with Crippen LogP contribution in [0.25, 0.3) is 0 Å². The van der Waals surface area contributed by atoms with E-state index < -0.39 is 9.84 Å². The SMILES string of the molecule is CC1=C(C)C(=O)c2c(nc(CS(=O)(=O)c3c(C)cc(C)cc3C)n2C)C1=O. The summed E-state index contributed by atoms with van der Waals surface area (Å²) >= 11 is 0. The highest BCUT2D eigenvalue weighted by Crippen LogP contribution is 2.29. The second-order valence-electron chi connectivity index (χ2n) is 7.18. The van der Waals surface area contributed by atoms with Crippen molar-refractivity contribution in [1.29, 1.82) is 0 Å². The molecule has 0 spiro atoms. The molecule has 0 N–H and O–H groups in total. The van der Waals surface area contributed by atoms with Crippen LogP contribution in [0.4, 0.5) is 0 Å². The maximum absolute atomic E-state index is 13.1. The lowest BCUT2D eigenvalue weighted by atomic mass is 9.92. The molecule has 0 fully saturated rings. The zero-order valence-electron chi connectivity index (χ0n) is 16.3. The van der Waals surface area contributed by atoms with Crippen molar-refractivity contribution in [2.75, 3.05) is 0 Å². The van der Waals surface area contributed by atoms with E-state index >= 15 is 0 Å². The standard InChI is InChI=1S/C20H22N2O4S/c1-10-7-11(2)20(12(3)8-10)27(25,26)9-15-21-16-17(22(15)6)19(24)14(5)13(4)18(16)23/h7-8H,9H2,1-6H3. The third-order valence-electron chi connectivity index (χ3n) is 5.10. The average molecular weight is 386 g/mol. The van der Waals surface area contributed by atoms with Crippen LogP contribution in [0.1, 0.15) is 57.3 Å². The monoisotopic (exact) mass is 386 g/mol. The van der Waals surface area contributed by atoms with Gasteiger partial charge in [-0.3, -0.25) is 9.59 Å². The quantitative estimate of drug-likeness (QED) is 0.809. The van der Waals surface area contributed by atoms with Crippen molar-refractivity contribution in [2.45, 2.75) is 45.3 Å². The van der Waals surface area contributed by atoms with E-state index in [1.165, 1.54) is 4.57 Å². The van der Waals surface area contributed by atoms with Gasteiger partial charge in [0.15, 0.2) is 9.84 Å². The van der Waals surface area contributed by atoms with E-state index in [1.54, 1.807) is 34.7 Å². The Labute approximate surface area is 158 Å². The van der Waals surface area contributed by atoms with Gasteiger partial charge >= 0.3 is 0 Å². The van der Waals surface area contributed by atoms with Crippen LogP contribution in [0, 0.1) is 20.8 Å². The molecular formula is C20H22N2O4S. The van der Waals surface area contributed by atoms with Crippen LogP contribution in [0.5, 0.6) is 0 Å². The molecule has 0 amide bonds. The number of allylic oxidation sites excluding steroid dienone is 2. The van der Waals surface area contributed by atoms with Gasteiger partial charge in [0.05, 0.1) is 4.90 Å². The summed E-state index contributed by atoms with van der Waals surface area (Å²) in [5.41, 5.74) is 3.25. The Morgan fingerprint density at radius 1 is 0.926 bits per heavy atom. The predicted octanol–water partition coefficient (Wildman–Crippen LogP) is 3.03. The minimum Gasteiger partial charge on any atom is -0.327 e. The van der Waals surface area contributed by atoms with Crippen molar-refractivity contribution in [3.8, 4) is 0 Å². The highest BCUT2D eigenvalue weighted by molar-refractivity contribution is 7.90. The fraction of sp³-hybridized carbons (Fsp3) is 0.350. The molecular weight excluding hydrogens is 364 g/mol. The fourth-order valence-corrected chi connectivity index (χ4v) is 5.53. The number of nitrogens with zero attached hydrogens (tertiary/aromatic N) is 2. The van der Waals surface area contributed by atoms with Crippen LogP contribution < -0.4 is 0 Å². The highest BCUT2D eigenvalue weighted by atomic mass is 32.2. The summed E-state index contributed by atoms with van der Waals surface area (Å²) in [7, 11) is -2.12. The van der Waals surface area contributed by atoms with Crippen LogP contribution in [-0.2, 0) is 22.6 Å². The van der Waals surface area contributed by atoms with E-state index in [9.17, 15) is 18.0 Å². The molecule has 6 nitrogen and oxygen atoms in total. The number of aryl methyl sites for hydroxylation is 3. The number of hydrogen-bond donors (Lipinski definition) is 0. The number of carbonyl (C=O) groups is 2. The zero-order valence-corrected chi connectivity index (χ0v) is 17.1. The minimum atomic E-state index is -3.69. The number of fused-ring (bicyclic) bond motifs is 1. The number of rotatable bonds is 3. The average Bonchev–Trinajstić information content (AvgIpc) is 2.86. The van der Waals surface area contributed by atoms with Gasteiger partial charge in [-0.25, -0.2) is 13.4 Å². The molecule has 0 atom stereocenters. The lowest BCUT2D eigenvalue weighted by Crippen LogP contribution is -2.21. The largest absolute Gasteiger partial charge is 0.327 e. The Bertz CT molecular complexity index is 1130. The molecule has 142 valence electrons. The predicted molar refractivity (Wildman–Crippen MR) is 102 cm³/mol. The first-order chi connectivity index (χ1) is 12.5. The molecule has 1 aliphatic rings. The number of hydrogen-bond acceptors (Lipinski definition) is 5. The summed E-state index contributed by atoms with van der Waals surface area (Å²) in [6, 6.07) is 3.65. The molecule has 1 heterocycles. The molecule has 1 aliphatic carbocycles. The van der Waals surface area contributed by atoms with Gasteiger partial charge in [0.2, 0.25) is 11.6 Å². The third-order valence-corrected chi connectivity index (χ3v) is 7.00. The fourth-order valence-electron chi connectivity index (χ4n) is 3.69. The Hall–Kier alpha value is -2.54. The summed E-state index contributed by atoms with van der Waals surface area (Å²) in [5.74, 6) is -0.809. The maximum atomic E-state index is 13.1. The molecule has 0 saturated carbocycles. The second-order valence-corrected chi connectivity index (χ2v) is 9.11. The molecule has 0 aliphatic heterocycles. The molecule has 1 aromatic heterocycles. The smallest absolute Gasteiger partial charge is 0.209 e. The lowest BCUT2D eigenvalue weighted by molar-refractivity contribution is 0.0967. The summed E-state index contributed by atoms with van der Waals surface area (Å²) in [6.07, 6.45) is 0. The van der Waals surface area contributed by atoms with Crippen molar-refractivity contribution in [3.05, 3.63) is 57.2 Å². The first kappa shape index (κ1) is 19.2. The number of carbonyl (C=O) groups excluding carboxylic acids is 2. The molecule has 0 radical (unpaired) electrons. The topological polar surface area (TPSA) is 86.1 Å². The summed E-state index contributed by atoms with van der Waals surface area (Å²) < 4.78 is 27.6. The molecule has 0 bridgehead atoms. The van der Waals surface area contributed by atoms with Gasteiger partial charge in [-0.1, -0.05) is 17.7 Å². The van der Waals surface area contributed by atoms with Gasteiger partial charge in [0.25, 0.3) is 0 Å². The van der Waals surface area contributed by atoms with Gasteiger partial charge < -0.3 is 4.57 Å². The van der Waals surface area contributed by atoms with Crippen LogP contribution in [0.2, 0.25) is 0 Å². The zero-order chi connectivity index (χ0) is 20.3. The molecule has 1 aromatic carbocycles. The van der Waals surface area contributed by atoms with Gasteiger partial charge in [0.1, 0.15) is 23.0 Å². The van der Waals surface area contributed by atoms with Crippen LogP contribution in [0.3, 0.4) is 0 Å². The number of ketones is 2. The van der Waals surface area contributed by atoms with Gasteiger partial charge in [-0.2, -0.15) is 0 Å². The molecule has 7 heteroatoms. The molecule has 0 unspecified atom stereocenters. The van der Waals surface area contributed by atoms with E-state index in [4.69, 9.17) is 0 Å². The second kappa shape index (κ2) is 6.27. The van der Waals surface area contributed by atoms with Crippen molar-refractivity contribution in [2.24, 2.45) is 7.05 Å². The van der Waals surface area contributed by atoms with Crippen molar-refractivity contribution in [3.63, 3.8) is 0 Å². The Morgan fingerprint density at radius 3 is 2.00 bits per heavy atom. The normalized spacial score (nSPS) is 14.7. The third kappa shape index (κ3) is 2.96. The Kier molecular flexibility index (Phi) is 4.46. The van der Waals surface area contributed by atoms with E-state index in [0.29, 0.717) is 22.3 Å². The van der Waals surface area contributed by atoms with Crippen molar-refractivity contribution >= 4 is 21.4 Å². The number of sulfone groups is 1. The molecule has 3 rings (SSSR count). The molecule has 2 aromatic rings. The highest BCUT2D eigenvalue weighted by Gasteiger charge is 2.34. The van der Waals surface area contributed by atoms with Crippen LogP contribution in [-0.4, -0.2) is 29.5 Å². The van der Waals surface area contributed by atoms with Crippen molar-refractivity contribution in [1.82, 2.24) is 9.55 Å². The van der Waals surface area contributed by atoms with E-state index in [0.717, 1.165) is 5.56 Å². The lowest BCUT2D eigenvalue weighted by Gasteiger charge is -2.14. The van der Waals surface area contributed by atoms with Crippen LogP contribution in [0.15, 0.2) is 28.2 Å². The first-order valence-corrected chi connectivity index (χ1v) is 10.2. The summed E-state index contributed by atoms with van der Waals surface area (Å²) in [4.78, 5) is 29.6. The maximum Gasteiger partial charge on any atom is 0.209 e. The first-order valence-electron chi connectivity index (χ1n) is 8.58. The van der Waals surface area contributed by atoms with Gasteiger partial charge in [-0.15, -0.1) is 0 Å². The Morgan fingerprint density at radius 2 is 1.44 bits per heavy atom. The van der Waals surface area contributed by atoms with E-state index in [2.05, 4.69) is 4.98 Å². The number of imidazole rings is 1. The van der Waals surface area contributed by atoms with Crippen molar-refractivity contribution < 1.29 is 18.0 Å². The number of aromatic nitrogens is 2. The summed E-state index contributed by atoms with van der Waals surface area (Å²) in [6.45, 7) is 8.63. The molecule has 27 heavy (non-hydrogen) atoms. The van der Waals surface area contributed by atoms with Gasteiger partial charge in [0, 0.05) is 18.2 Å². The van der Waals surface area contributed by atoms with Gasteiger partial charge in [-0.05, 0) is 45.7 Å². The minimum absolute atomic E-state index is 0.0353. The Balaban J connectivity index is 2.10.